The van der Waals surface area contributed by atoms with E-state index < -0.39 is 5.97 Å². The molecule has 0 aliphatic heterocycles. The number of carbonyl (C=O) groups excluding carboxylic acids is 2. The molecule has 0 unspecified atom stereocenters. The first-order chi connectivity index (χ1) is 13.1. The second-order valence-corrected chi connectivity index (χ2v) is 7.35. The smallest absolute Gasteiger partial charge is 0.341 e. The minimum Gasteiger partial charge on any atom is -0.462 e. The van der Waals surface area contributed by atoms with Gasteiger partial charge in [-0.3, -0.25) is 9.36 Å². The van der Waals surface area contributed by atoms with Crippen LogP contribution in [-0.2, 0) is 9.53 Å². The number of anilines is 1. The maximum atomic E-state index is 12.3. The number of thioether (sulfide) groups is 1. The van der Waals surface area contributed by atoms with Crippen molar-refractivity contribution in [2.45, 2.75) is 19.0 Å². The first-order valence-corrected chi connectivity index (χ1v) is 10.1. The van der Waals surface area contributed by atoms with Gasteiger partial charge in [0.05, 0.1) is 23.6 Å². The fourth-order valence-electron chi connectivity index (χ4n) is 2.39. The lowest BCUT2D eigenvalue weighted by Crippen LogP contribution is -2.16. The Bertz CT molecular complexity index is 951. The van der Waals surface area contributed by atoms with E-state index in [1.165, 1.54) is 23.1 Å². The topological polar surface area (TPSA) is 86.1 Å². The van der Waals surface area contributed by atoms with Crippen LogP contribution in [0.5, 0.6) is 0 Å². The van der Waals surface area contributed by atoms with Crippen LogP contribution in [0.3, 0.4) is 0 Å². The molecule has 0 bridgehead atoms. The molecule has 1 aromatic carbocycles. The lowest BCUT2D eigenvalue weighted by Gasteiger charge is -2.09. The van der Waals surface area contributed by atoms with E-state index in [0.717, 1.165) is 11.3 Å². The van der Waals surface area contributed by atoms with Crippen molar-refractivity contribution in [2.24, 2.45) is 0 Å². The number of hydrogen-bond acceptors (Lipinski definition) is 7. The predicted molar refractivity (Wildman–Crippen MR) is 106 cm³/mol. The van der Waals surface area contributed by atoms with Crippen LogP contribution in [-0.4, -0.2) is 39.0 Å². The highest BCUT2D eigenvalue weighted by Gasteiger charge is 2.17. The molecule has 0 aliphatic rings. The molecule has 27 heavy (non-hydrogen) atoms. The summed E-state index contributed by atoms with van der Waals surface area (Å²) in [4.78, 5) is 24.2. The molecule has 0 spiro atoms. The minimum atomic E-state index is -0.444. The van der Waals surface area contributed by atoms with Crippen molar-refractivity contribution in [1.82, 2.24) is 14.8 Å². The number of aromatic nitrogens is 3. The van der Waals surface area contributed by atoms with E-state index in [4.69, 9.17) is 4.74 Å². The predicted octanol–water partition coefficient (Wildman–Crippen LogP) is 3.54. The number of nitrogens with zero attached hydrogens (tertiary/aromatic N) is 3. The second-order valence-electron chi connectivity index (χ2n) is 5.49. The SMILES string of the molecule is CCOC(=O)c1ccsc1NC(=O)CSc1nncn1-c1ccccc1C. The summed E-state index contributed by atoms with van der Waals surface area (Å²) < 4.78 is 6.84. The molecule has 3 aromatic rings. The van der Waals surface area contributed by atoms with Gasteiger partial charge in [0.2, 0.25) is 5.91 Å². The third-order valence-corrected chi connectivity index (χ3v) is 5.41. The molecule has 140 valence electrons. The summed E-state index contributed by atoms with van der Waals surface area (Å²) in [7, 11) is 0. The lowest BCUT2D eigenvalue weighted by atomic mass is 10.2. The van der Waals surface area contributed by atoms with Crippen molar-refractivity contribution in [1.29, 1.82) is 0 Å². The highest BCUT2D eigenvalue weighted by Crippen LogP contribution is 2.25. The van der Waals surface area contributed by atoms with Crippen molar-refractivity contribution in [3.05, 3.63) is 53.2 Å². The van der Waals surface area contributed by atoms with E-state index in [-0.39, 0.29) is 18.3 Å². The molecule has 2 heterocycles. The fraction of sp³-hybridized carbons (Fsp3) is 0.222. The van der Waals surface area contributed by atoms with Crippen LogP contribution >= 0.6 is 23.1 Å². The number of carbonyl (C=O) groups is 2. The molecule has 0 saturated heterocycles. The number of thiophene rings is 1. The zero-order valence-electron chi connectivity index (χ0n) is 14.8. The number of rotatable bonds is 7. The Hall–Kier alpha value is -2.65. The van der Waals surface area contributed by atoms with E-state index in [9.17, 15) is 9.59 Å². The number of ether oxygens (including phenoxy) is 1. The molecule has 2 aromatic heterocycles. The van der Waals surface area contributed by atoms with Gasteiger partial charge < -0.3 is 10.1 Å². The standard InChI is InChI=1S/C18H18N4O3S2/c1-3-25-17(24)13-8-9-26-16(13)20-15(23)10-27-18-21-19-11-22(18)14-7-5-4-6-12(14)2/h4-9,11H,3,10H2,1-2H3,(H,20,23). The van der Waals surface area contributed by atoms with Gasteiger partial charge in [-0.15, -0.1) is 21.5 Å². The number of nitrogens with one attached hydrogen (secondary N) is 1. The Morgan fingerprint density at radius 2 is 2.11 bits per heavy atom. The van der Waals surface area contributed by atoms with Crippen molar-refractivity contribution in [2.75, 3.05) is 17.7 Å². The van der Waals surface area contributed by atoms with Crippen LogP contribution in [0.15, 0.2) is 47.2 Å². The zero-order chi connectivity index (χ0) is 19.2. The van der Waals surface area contributed by atoms with Crippen LogP contribution in [0.1, 0.15) is 22.8 Å². The van der Waals surface area contributed by atoms with Crippen LogP contribution in [0.4, 0.5) is 5.00 Å². The molecule has 7 nitrogen and oxygen atoms in total. The molecule has 0 saturated carbocycles. The largest absolute Gasteiger partial charge is 0.462 e. The highest BCUT2D eigenvalue weighted by atomic mass is 32.2. The summed E-state index contributed by atoms with van der Waals surface area (Å²) in [5, 5.41) is 13.7. The highest BCUT2D eigenvalue weighted by molar-refractivity contribution is 7.99. The van der Waals surface area contributed by atoms with Crippen LogP contribution in [0, 0.1) is 6.92 Å². The van der Waals surface area contributed by atoms with E-state index >= 15 is 0 Å². The van der Waals surface area contributed by atoms with E-state index in [1.807, 2.05) is 35.8 Å². The van der Waals surface area contributed by atoms with E-state index in [1.54, 1.807) is 24.7 Å². The summed E-state index contributed by atoms with van der Waals surface area (Å²) in [6.45, 7) is 4.03. The Kier molecular flexibility index (Phi) is 6.25. The van der Waals surface area contributed by atoms with Gasteiger partial charge in [-0.25, -0.2) is 4.79 Å². The Balaban J connectivity index is 1.65. The number of aryl methyl sites for hydroxylation is 1. The zero-order valence-corrected chi connectivity index (χ0v) is 16.5. The maximum absolute atomic E-state index is 12.3. The third-order valence-electron chi connectivity index (χ3n) is 3.64. The summed E-state index contributed by atoms with van der Waals surface area (Å²) in [6, 6.07) is 9.52. The molecule has 3 rings (SSSR count). The summed E-state index contributed by atoms with van der Waals surface area (Å²) in [5.41, 5.74) is 2.41. The molecular formula is C18H18N4O3S2. The average molecular weight is 403 g/mol. The molecular weight excluding hydrogens is 384 g/mol. The third kappa shape index (κ3) is 4.55. The van der Waals surface area contributed by atoms with Crippen molar-refractivity contribution in [3.63, 3.8) is 0 Å². The first-order valence-electron chi connectivity index (χ1n) is 8.23. The van der Waals surface area contributed by atoms with Gasteiger partial charge in [-0.05, 0) is 36.9 Å². The van der Waals surface area contributed by atoms with E-state index in [2.05, 4.69) is 15.5 Å². The molecule has 1 N–H and O–H groups in total. The number of benzene rings is 1. The molecule has 0 aliphatic carbocycles. The van der Waals surface area contributed by atoms with Gasteiger partial charge >= 0.3 is 5.97 Å². The van der Waals surface area contributed by atoms with Gasteiger partial charge in [-0.2, -0.15) is 0 Å². The van der Waals surface area contributed by atoms with Crippen LogP contribution in [0.25, 0.3) is 5.69 Å². The summed E-state index contributed by atoms with van der Waals surface area (Å²) in [6.07, 6.45) is 1.63. The minimum absolute atomic E-state index is 0.144. The molecule has 0 radical (unpaired) electrons. The van der Waals surface area contributed by atoms with Crippen molar-refractivity contribution < 1.29 is 14.3 Å². The average Bonchev–Trinajstić information content (AvgIpc) is 3.30. The monoisotopic (exact) mass is 402 g/mol. The Morgan fingerprint density at radius 3 is 2.89 bits per heavy atom. The van der Waals surface area contributed by atoms with Gasteiger partial charge in [-0.1, -0.05) is 30.0 Å². The van der Waals surface area contributed by atoms with Crippen LogP contribution in [0.2, 0.25) is 0 Å². The second kappa shape index (κ2) is 8.83. The van der Waals surface area contributed by atoms with Gasteiger partial charge in [0.25, 0.3) is 0 Å². The van der Waals surface area contributed by atoms with Crippen molar-refractivity contribution in [3.8, 4) is 5.69 Å². The number of hydrogen-bond donors (Lipinski definition) is 1. The van der Waals surface area contributed by atoms with Gasteiger partial charge in [0, 0.05) is 0 Å². The molecule has 1 amide bonds. The Morgan fingerprint density at radius 1 is 1.30 bits per heavy atom. The summed E-state index contributed by atoms with van der Waals surface area (Å²) >= 11 is 2.56. The molecule has 0 atom stereocenters. The van der Waals surface area contributed by atoms with Gasteiger partial charge in [0.15, 0.2) is 5.16 Å². The van der Waals surface area contributed by atoms with Crippen molar-refractivity contribution >= 4 is 40.0 Å². The molecule has 0 fully saturated rings. The number of para-hydroxylation sites is 1. The first kappa shape index (κ1) is 19.1. The maximum Gasteiger partial charge on any atom is 0.341 e. The summed E-state index contributed by atoms with van der Waals surface area (Å²) in [5.74, 6) is -0.529. The van der Waals surface area contributed by atoms with Crippen LogP contribution < -0.4 is 5.32 Å². The Labute approximate surface area is 164 Å². The quantitative estimate of drug-likeness (QED) is 0.480. The normalized spacial score (nSPS) is 10.6. The lowest BCUT2D eigenvalue weighted by molar-refractivity contribution is -0.113. The fourth-order valence-corrected chi connectivity index (χ4v) is 3.90. The van der Waals surface area contributed by atoms with E-state index in [0.29, 0.717) is 15.7 Å². The van der Waals surface area contributed by atoms with Gasteiger partial charge in [0.1, 0.15) is 11.3 Å². The number of amides is 1. The number of esters is 1. The molecule has 9 heteroatoms.